The zero-order valence-electron chi connectivity index (χ0n) is 40.2. The Morgan fingerprint density at radius 2 is 1.65 bits per heavy atom. The van der Waals surface area contributed by atoms with Crippen molar-refractivity contribution in [2.45, 2.75) is 141 Å². The van der Waals surface area contributed by atoms with Gasteiger partial charge in [-0.3, -0.25) is 38.7 Å². The lowest BCUT2D eigenvalue weighted by atomic mass is 9.90. The number of rotatable bonds is 17. The van der Waals surface area contributed by atoms with E-state index in [1.807, 2.05) is 49.1 Å². The molecule has 3 N–H and O–H groups in total. The lowest BCUT2D eigenvalue weighted by Crippen LogP contribution is -2.52. The Hall–Kier alpha value is -6.76. The van der Waals surface area contributed by atoms with Crippen LogP contribution in [0, 0.1) is 18.8 Å². The molecule has 0 bridgehead atoms. The summed E-state index contributed by atoms with van der Waals surface area (Å²) in [6, 6.07) is 12.6. The van der Waals surface area contributed by atoms with Crippen molar-refractivity contribution in [3.8, 4) is 17.6 Å². The topological polar surface area (TPSA) is 188 Å². The van der Waals surface area contributed by atoms with Crippen molar-refractivity contribution >= 4 is 57.9 Å². The number of amides is 5. The number of benzene rings is 2. The van der Waals surface area contributed by atoms with Crippen LogP contribution in [0.2, 0.25) is 0 Å². The van der Waals surface area contributed by atoms with E-state index >= 15 is 0 Å². The molecule has 2 aromatic heterocycles. The first kappa shape index (κ1) is 48.7. The highest BCUT2D eigenvalue weighted by Crippen LogP contribution is 2.34. The Labute approximate surface area is 403 Å². The van der Waals surface area contributed by atoms with Gasteiger partial charge in [-0.2, -0.15) is 4.98 Å². The summed E-state index contributed by atoms with van der Waals surface area (Å²) < 4.78 is 7.63. The van der Waals surface area contributed by atoms with Crippen molar-refractivity contribution in [1.29, 1.82) is 0 Å². The van der Waals surface area contributed by atoms with Gasteiger partial charge < -0.3 is 30.1 Å². The summed E-state index contributed by atoms with van der Waals surface area (Å²) in [5.41, 5.74) is 5.27. The maximum atomic E-state index is 13.4. The predicted molar refractivity (Wildman–Crippen MR) is 264 cm³/mol. The Morgan fingerprint density at radius 1 is 0.899 bits per heavy atom. The van der Waals surface area contributed by atoms with E-state index in [4.69, 9.17) is 9.72 Å². The molecule has 2 aromatic carbocycles. The number of nitrogens with zero attached hydrogens (tertiary/aromatic N) is 6. The van der Waals surface area contributed by atoms with Crippen LogP contribution in [0.5, 0.6) is 5.75 Å². The Kier molecular flexibility index (Phi) is 15.9. The first-order valence-electron chi connectivity index (χ1n) is 24.9. The number of carbonyl (C=O) groups excluding carboxylic acids is 5. The van der Waals surface area contributed by atoms with Crippen molar-refractivity contribution in [2.75, 3.05) is 43.5 Å². The molecule has 0 radical (unpaired) electrons. The van der Waals surface area contributed by atoms with E-state index in [1.165, 1.54) is 0 Å². The van der Waals surface area contributed by atoms with Gasteiger partial charge >= 0.3 is 0 Å². The highest BCUT2D eigenvalue weighted by Gasteiger charge is 2.39. The van der Waals surface area contributed by atoms with Gasteiger partial charge in [-0.25, -0.2) is 4.98 Å². The number of imide groups is 1. The number of anilines is 3. The van der Waals surface area contributed by atoms with Gasteiger partial charge in [0.2, 0.25) is 29.6 Å². The van der Waals surface area contributed by atoms with E-state index in [2.05, 4.69) is 37.7 Å². The number of hydrogen-bond donors (Lipinski definition) is 3. The number of hydrogen-bond acceptors (Lipinski definition) is 11. The highest BCUT2D eigenvalue weighted by molar-refractivity contribution is 6.05. The number of piperazine rings is 1. The van der Waals surface area contributed by atoms with Gasteiger partial charge in [0.1, 0.15) is 17.4 Å². The second kappa shape index (κ2) is 22.6. The van der Waals surface area contributed by atoms with Crippen molar-refractivity contribution in [3.05, 3.63) is 81.3 Å². The smallest absolute Gasteiger partial charge is 0.255 e. The van der Waals surface area contributed by atoms with Gasteiger partial charge in [0, 0.05) is 111 Å². The third-order valence-corrected chi connectivity index (χ3v) is 14.2. The van der Waals surface area contributed by atoms with Gasteiger partial charge in [-0.05, 0) is 87.3 Å². The number of nitrogens with one attached hydrogen (secondary N) is 3. The van der Waals surface area contributed by atoms with Crippen LogP contribution in [0.4, 0.5) is 17.3 Å². The molecule has 4 aliphatic rings. The molecule has 364 valence electrons. The maximum Gasteiger partial charge on any atom is 0.255 e. The summed E-state index contributed by atoms with van der Waals surface area (Å²) in [6.45, 7) is 6.85. The first-order valence-corrected chi connectivity index (χ1v) is 24.9. The van der Waals surface area contributed by atoms with Crippen LogP contribution < -0.4 is 31.1 Å². The van der Waals surface area contributed by atoms with Gasteiger partial charge in [0.15, 0.2) is 0 Å². The van der Waals surface area contributed by atoms with E-state index in [0.29, 0.717) is 67.5 Å². The first-order chi connectivity index (χ1) is 33.5. The molecule has 16 nitrogen and oxygen atoms in total. The van der Waals surface area contributed by atoms with Crippen LogP contribution in [0.3, 0.4) is 0 Å². The summed E-state index contributed by atoms with van der Waals surface area (Å²) in [5, 5.41) is 9.61. The van der Waals surface area contributed by atoms with Gasteiger partial charge in [-0.1, -0.05) is 56.9 Å². The number of carbonyl (C=O) groups is 5. The third kappa shape index (κ3) is 11.6. The zero-order chi connectivity index (χ0) is 48.4. The third-order valence-electron chi connectivity index (χ3n) is 14.2. The molecule has 5 amide bonds. The molecule has 0 spiro atoms. The lowest BCUT2D eigenvalue weighted by molar-refractivity contribution is -0.137. The van der Waals surface area contributed by atoms with Crippen LogP contribution in [0.15, 0.2) is 53.5 Å². The molecule has 1 aliphatic carbocycles. The monoisotopic (exact) mass is 940 g/mol. The zero-order valence-corrected chi connectivity index (χ0v) is 40.2. The number of ether oxygens (including phenoxy) is 1. The minimum atomic E-state index is -0.637. The van der Waals surface area contributed by atoms with Crippen LogP contribution in [0.1, 0.15) is 143 Å². The van der Waals surface area contributed by atoms with Crippen molar-refractivity contribution in [2.24, 2.45) is 0 Å². The normalized spacial score (nSPS) is 19.2. The number of fused-ring (bicyclic) bond motifs is 2. The van der Waals surface area contributed by atoms with E-state index in [1.54, 1.807) is 34.9 Å². The Balaban J connectivity index is 0.736. The van der Waals surface area contributed by atoms with Crippen molar-refractivity contribution in [3.63, 3.8) is 0 Å². The van der Waals surface area contributed by atoms with Crippen LogP contribution in [-0.4, -0.2) is 99.2 Å². The summed E-state index contributed by atoms with van der Waals surface area (Å²) in [4.78, 5) is 91.0. The number of pyridine rings is 1. The molecule has 5 heterocycles. The Bertz CT molecular complexity index is 2690. The summed E-state index contributed by atoms with van der Waals surface area (Å²) >= 11 is 0. The lowest BCUT2D eigenvalue weighted by Gasteiger charge is -2.36. The average molecular weight is 940 g/mol. The number of piperidine rings is 1. The fourth-order valence-corrected chi connectivity index (χ4v) is 10.2. The molecule has 3 aliphatic heterocycles. The highest BCUT2D eigenvalue weighted by atomic mass is 16.5. The van der Waals surface area contributed by atoms with Crippen LogP contribution in [0.25, 0.3) is 11.0 Å². The molecular formula is C53H65N9O7. The SMILES string of the molecule is CCC(=O)NC1CCC(n2c(=O)cc(C)c3cnc(Nc4ccc(N5CCN(C(=O)CCCCCCCCCC#Cc6cccc7c6CN(C6CCC(=O)NC6=O)C7=O)CC5)cc4OC)nc32)CC1. The molecule has 4 aromatic rings. The van der Waals surface area contributed by atoms with Gasteiger partial charge in [-0.15, -0.1) is 0 Å². The molecular weight excluding hydrogens is 875 g/mol. The summed E-state index contributed by atoms with van der Waals surface area (Å²) in [5.74, 6) is 6.91. The quantitative estimate of drug-likeness (QED) is 0.0572. The molecule has 69 heavy (non-hydrogen) atoms. The van der Waals surface area contributed by atoms with E-state index in [-0.39, 0.29) is 47.7 Å². The van der Waals surface area contributed by atoms with E-state index < -0.39 is 11.9 Å². The summed E-state index contributed by atoms with van der Waals surface area (Å²) in [6.07, 6.45) is 14.6. The standard InChI is InChI=1S/C53H65N9O7/c1-4-46(63)55-37-19-21-38(22-20-37)62-49(66)31-35(2)41-33-54-53(58-50(41)62)56-43-24-23-39(32-45(43)69-3)59-27-29-60(30-28-59)48(65)18-13-11-9-7-5-6-8-10-12-15-36-16-14-17-40-42(36)34-61(52(40)68)44-25-26-47(64)57-51(44)67/h14,16-17,23-24,31-33,37-38,44H,4-11,13,18-22,25-30,34H2,1-3H3,(H,55,63)(H,54,56,58)(H,57,64,67). The molecule has 3 fully saturated rings. The van der Waals surface area contributed by atoms with Crippen LogP contribution >= 0.6 is 0 Å². The van der Waals surface area contributed by atoms with E-state index in [0.717, 1.165) is 118 Å². The molecule has 1 atom stereocenters. The molecule has 1 saturated carbocycles. The van der Waals surface area contributed by atoms with E-state index in [9.17, 15) is 28.8 Å². The number of aryl methyl sites for hydroxylation is 1. The maximum absolute atomic E-state index is 13.4. The minimum Gasteiger partial charge on any atom is -0.494 e. The fraction of sp³-hybridized carbons (Fsp3) is 0.509. The van der Waals surface area contributed by atoms with Crippen LogP contribution in [-0.2, 0) is 25.7 Å². The van der Waals surface area contributed by atoms with Crippen molar-refractivity contribution in [1.82, 2.24) is 35.0 Å². The molecule has 2 saturated heterocycles. The van der Waals surface area contributed by atoms with Crippen molar-refractivity contribution < 1.29 is 28.7 Å². The summed E-state index contributed by atoms with van der Waals surface area (Å²) in [7, 11) is 1.63. The number of unbranched alkanes of at least 4 members (excludes halogenated alkanes) is 7. The Morgan fingerprint density at radius 3 is 2.39 bits per heavy atom. The number of methoxy groups -OCH3 is 1. The molecule has 8 rings (SSSR count). The largest absolute Gasteiger partial charge is 0.494 e. The fourth-order valence-electron chi connectivity index (χ4n) is 10.2. The predicted octanol–water partition coefficient (Wildman–Crippen LogP) is 6.83. The van der Waals surface area contributed by atoms with Gasteiger partial charge in [0.05, 0.1) is 12.8 Å². The molecule has 1 unspecified atom stereocenters. The second-order valence-corrected chi connectivity index (χ2v) is 18.8. The molecule has 16 heteroatoms. The average Bonchev–Trinajstić information content (AvgIpc) is 3.69. The minimum absolute atomic E-state index is 0.0272. The number of aromatic nitrogens is 3. The van der Waals surface area contributed by atoms with Gasteiger partial charge in [0.25, 0.3) is 11.5 Å². The second-order valence-electron chi connectivity index (χ2n) is 18.8.